The van der Waals surface area contributed by atoms with Gasteiger partial charge >= 0.3 is 6.18 Å². The molecule has 0 aliphatic rings. The summed E-state index contributed by atoms with van der Waals surface area (Å²) in [6.07, 6.45) is -4.42. The number of hydrogen-bond acceptors (Lipinski definition) is 3. The predicted molar refractivity (Wildman–Crippen MR) is 110 cm³/mol. The molecule has 27 heavy (non-hydrogen) atoms. The van der Waals surface area contributed by atoms with Crippen molar-refractivity contribution < 1.29 is 22.7 Å². The molecule has 0 heterocycles. The Hall–Kier alpha value is -1.56. The van der Waals surface area contributed by atoms with E-state index in [4.69, 9.17) is 4.74 Å². The maximum absolute atomic E-state index is 12.5. The van der Waals surface area contributed by atoms with Crippen LogP contribution in [0.1, 0.15) is 29.8 Å². The Morgan fingerprint density at radius 3 is 2.37 bits per heavy atom. The summed E-state index contributed by atoms with van der Waals surface area (Å²) in [6, 6.07) is 4.15. The van der Waals surface area contributed by atoms with Crippen LogP contribution in [0.2, 0.25) is 0 Å². The van der Waals surface area contributed by atoms with Crippen molar-refractivity contribution in [1.82, 2.24) is 16.0 Å². The normalized spacial score (nSPS) is 12.7. The fourth-order valence-corrected chi connectivity index (χ4v) is 2.09. The maximum atomic E-state index is 12.5. The van der Waals surface area contributed by atoms with Gasteiger partial charge in [-0.05, 0) is 38.1 Å². The van der Waals surface area contributed by atoms with Gasteiger partial charge in [-0.3, -0.25) is 9.79 Å². The lowest BCUT2D eigenvalue weighted by molar-refractivity contribution is -0.137. The average Bonchev–Trinajstić information content (AvgIpc) is 2.58. The van der Waals surface area contributed by atoms with Crippen LogP contribution < -0.4 is 16.0 Å². The Bertz CT molecular complexity index is 595. The number of ether oxygens (including phenoxy) is 1. The first-order chi connectivity index (χ1) is 12.3. The van der Waals surface area contributed by atoms with Crippen LogP contribution in [0, 0.1) is 0 Å². The number of nitrogens with zero attached hydrogens (tertiary/aromatic N) is 1. The van der Waals surface area contributed by atoms with Crippen molar-refractivity contribution in [2.75, 3.05) is 33.4 Å². The number of carbonyl (C=O) groups is 1. The highest BCUT2D eigenvalue weighted by molar-refractivity contribution is 14.0. The molecule has 1 unspecified atom stereocenters. The first-order valence-electron chi connectivity index (χ1n) is 8.27. The van der Waals surface area contributed by atoms with Gasteiger partial charge in [0.25, 0.3) is 5.91 Å². The Morgan fingerprint density at radius 2 is 1.85 bits per heavy atom. The third kappa shape index (κ3) is 9.80. The van der Waals surface area contributed by atoms with Crippen molar-refractivity contribution >= 4 is 35.8 Å². The third-order valence-electron chi connectivity index (χ3n) is 3.29. The lowest BCUT2D eigenvalue weighted by Gasteiger charge is -2.17. The summed E-state index contributed by atoms with van der Waals surface area (Å²) < 4.78 is 42.6. The van der Waals surface area contributed by atoms with Gasteiger partial charge in [0.05, 0.1) is 18.7 Å². The standard InChI is InChI=1S/C17H25F3N4O2.HI/c1-4-21-16(24-12(2)11-26-3)23-10-9-22-15(25)13-5-7-14(8-6-13)17(18,19)20;/h5-8,12H,4,9-11H2,1-3H3,(H,22,25)(H2,21,23,24);1H. The number of benzene rings is 1. The van der Waals surface area contributed by atoms with Gasteiger partial charge in [-0.1, -0.05) is 0 Å². The summed E-state index contributed by atoms with van der Waals surface area (Å²) >= 11 is 0. The molecule has 0 radical (unpaired) electrons. The molecule has 1 atom stereocenters. The summed E-state index contributed by atoms with van der Waals surface area (Å²) in [6.45, 7) is 5.67. The SMILES string of the molecule is CCNC(=NCCNC(=O)c1ccc(C(F)(F)F)cc1)NC(C)COC.I. The Labute approximate surface area is 174 Å². The van der Waals surface area contributed by atoms with Crippen LogP contribution in [0.15, 0.2) is 29.3 Å². The molecule has 1 amide bonds. The van der Waals surface area contributed by atoms with Crippen molar-refractivity contribution in [3.63, 3.8) is 0 Å². The predicted octanol–water partition coefficient (Wildman–Crippen LogP) is 2.64. The van der Waals surface area contributed by atoms with Gasteiger partial charge in [0, 0.05) is 31.8 Å². The summed E-state index contributed by atoms with van der Waals surface area (Å²) in [5.74, 6) is 0.153. The monoisotopic (exact) mass is 502 g/mol. The third-order valence-corrected chi connectivity index (χ3v) is 3.29. The van der Waals surface area contributed by atoms with Crippen molar-refractivity contribution in [1.29, 1.82) is 0 Å². The molecule has 0 spiro atoms. The van der Waals surface area contributed by atoms with Gasteiger partial charge in [0.15, 0.2) is 5.96 Å². The molecule has 0 fully saturated rings. The van der Waals surface area contributed by atoms with Gasteiger partial charge in [-0.15, -0.1) is 24.0 Å². The van der Waals surface area contributed by atoms with Crippen LogP contribution >= 0.6 is 24.0 Å². The minimum atomic E-state index is -4.42. The first kappa shape index (κ1) is 25.4. The molecule has 0 saturated heterocycles. The zero-order valence-corrected chi connectivity index (χ0v) is 17.9. The number of amides is 1. The highest BCUT2D eigenvalue weighted by Gasteiger charge is 2.30. The number of methoxy groups -OCH3 is 1. The molecular weight excluding hydrogens is 476 g/mol. The Balaban J connectivity index is 0.00000676. The van der Waals surface area contributed by atoms with E-state index in [2.05, 4.69) is 20.9 Å². The van der Waals surface area contributed by atoms with Crippen molar-refractivity contribution in [3.05, 3.63) is 35.4 Å². The summed E-state index contributed by atoms with van der Waals surface area (Å²) in [5, 5.41) is 8.86. The molecule has 0 bridgehead atoms. The van der Waals surface area contributed by atoms with Crippen LogP contribution in [0.4, 0.5) is 13.2 Å². The molecule has 0 aromatic heterocycles. The van der Waals surface area contributed by atoms with Crippen LogP contribution in [0.5, 0.6) is 0 Å². The van der Waals surface area contributed by atoms with Crippen LogP contribution in [0.25, 0.3) is 0 Å². The van der Waals surface area contributed by atoms with E-state index < -0.39 is 17.6 Å². The molecule has 6 nitrogen and oxygen atoms in total. The number of alkyl halides is 3. The second-order valence-electron chi connectivity index (χ2n) is 5.59. The molecule has 0 aliphatic carbocycles. The van der Waals surface area contributed by atoms with E-state index in [1.165, 1.54) is 0 Å². The zero-order valence-electron chi connectivity index (χ0n) is 15.5. The largest absolute Gasteiger partial charge is 0.416 e. The number of aliphatic imine (C=N–C) groups is 1. The number of hydrogen-bond donors (Lipinski definition) is 3. The molecule has 10 heteroatoms. The van der Waals surface area contributed by atoms with Gasteiger partial charge in [-0.2, -0.15) is 13.2 Å². The van der Waals surface area contributed by atoms with Gasteiger partial charge in [0.2, 0.25) is 0 Å². The minimum Gasteiger partial charge on any atom is -0.383 e. The van der Waals surface area contributed by atoms with Crippen LogP contribution in [-0.4, -0.2) is 51.3 Å². The highest BCUT2D eigenvalue weighted by Crippen LogP contribution is 2.28. The topological polar surface area (TPSA) is 74.8 Å². The number of nitrogens with one attached hydrogen (secondary N) is 3. The van der Waals surface area contributed by atoms with Crippen molar-refractivity contribution in [2.45, 2.75) is 26.1 Å². The van der Waals surface area contributed by atoms with Crippen molar-refractivity contribution in [3.8, 4) is 0 Å². The smallest absolute Gasteiger partial charge is 0.383 e. The Kier molecular flexibility index (Phi) is 12.0. The van der Waals surface area contributed by atoms with E-state index in [9.17, 15) is 18.0 Å². The van der Waals surface area contributed by atoms with E-state index >= 15 is 0 Å². The fraction of sp³-hybridized carbons (Fsp3) is 0.529. The van der Waals surface area contributed by atoms with E-state index in [1.807, 2.05) is 13.8 Å². The lowest BCUT2D eigenvalue weighted by Crippen LogP contribution is -2.44. The van der Waals surface area contributed by atoms with E-state index in [0.717, 1.165) is 24.3 Å². The fourth-order valence-electron chi connectivity index (χ4n) is 2.09. The summed E-state index contributed by atoms with van der Waals surface area (Å²) in [4.78, 5) is 16.3. The quantitative estimate of drug-likeness (QED) is 0.221. The van der Waals surface area contributed by atoms with Gasteiger partial charge in [0.1, 0.15) is 0 Å². The zero-order chi connectivity index (χ0) is 19.6. The van der Waals surface area contributed by atoms with E-state index in [1.54, 1.807) is 7.11 Å². The lowest BCUT2D eigenvalue weighted by atomic mass is 10.1. The van der Waals surface area contributed by atoms with E-state index in [0.29, 0.717) is 25.7 Å². The number of rotatable bonds is 8. The van der Waals surface area contributed by atoms with Crippen molar-refractivity contribution in [2.24, 2.45) is 4.99 Å². The maximum Gasteiger partial charge on any atom is 0.416 e. The summed E-state index contributed by atoms with van der Waals surface area (Å²) in [5.41, 5.74) is -0.620. The molecule has 1 rings (SSSR count). The first-order valence-corrected chi connectivity index (χ1v) is 8.27. The molecule has 1 aromatic carbocycles. The molecule has 0 aliphatic heterocycles. The van der Waals surface area contributed by atoms with Gasteiger partial charge in [-0.25, -0.2) is 0 Å². The number of halogens is 4. The number of carbonyl (C=O) groups excluding carboxylic acids is 1. The Morgan fingerprint density at radius 1 is 1.22 bits per heavy atom. The van der Waals surface area contributed by atoms with E-state index in [-0.39, 0.29) is 42.1 Å². The molecule has 0 saturated carbocycles. The minimum absolute atomic E-state index is 0. The second-order valence-corrected chi connectivity index (χ2v) is 5.59. The molecule has 154 valence electrons. The number of guanidine groups is 1. The second kappa shape index (κ2) is 12.8. The molecule has 3 N–H and O–H groups in total. The van der Waals surface area contributed by atoms with Crippen LogP contribution in [-0.2, 0) is 10.9 Å². The highest BCUT2D eigenvalue weighted by atomic mass is 127. The average molecular weight is 502 g/mol. The van der Waals surface area contributed by atoms with Gasteiger partial charge < -0.3 is 20.7 Å². The summed E-state index contributed by atoms with van der Waals surface area (Å²) in [7, 11) is 1.61. The molecule has 1 aromatic rings. The molecular formula is C17H26F3IN4O2. The van der Waals surface area contributed by atoms with Crippen LogP contribution in [0.3, 0.4) is 0 Å².